The van der Waals surface area contributed by atoms with E-state index in [-0.39, 0.29) is 24.6 Å². The Bertz CT molecular complexity index is 982. The predicted octanol–water partition coefficient (Wildman–Crippen LogP) is 3.18. The van der Waals surface area contributed by atoms with E-state index in [2.05, 4.69) is 4.99 Å². The summed E-state index contributed by atoms with van der Waals surface area (Å²) in [7, 11) is 0. The standard InChI is InChI=1S/C21H20N2O4/c1-3-18(24)27-15-6-4-5-14(12-15)23-10-9-21(26)19(25)16-11-13(2)7-8-17(16)22-20(21)23/h4-8,11-12,26H,3,9-10H2,1-2H3/t21-/m1/s1. The normalized spacial score (nSPS) is 20.8. The molecule has 4 rings (SSSR count). The van der Waals surface area contributed by atoms with Crippen LogP contribution < -0.4 is 9.64 Å². The number of Topliss-reactive ketones (excluding diaryl/α,β-unsaturated/α-hetero) is 1. The smallest absolute Gasteiger partial charge is 0.310 e. The molecule has 27 heavy (non-hydrogen) atoms. The number of aliphatic imine (C=N–C) groups is 1. The van der Waals surface area contributed by atoms with Crippen molar-refractivity contribution in [2.75, 3.05) is 11.4 Å². The second-order valence-electron chi connectivity index (χ2n) is 6.87. The summed E-state index contributed by atoms with van der Waals surface area (Å²) in [5.74, 6) is 0.109. The quantitative estimate of drug-likeness (QED) is 0.668. The molecule has 1 N–H and O–H groups in total. The van der Waals surface area contributed by atoms with E-state index in [1.807, 2.05) is 24.0 Å². The van der Waals surface area contributed by atoms with Crippen LogP contribution in [0.2, 0.25) is 0 Å². The van der Waals surface area contributed by atoms with Crippen LogP contribution in [-0.2, 0) is 4.79 Å². The van der Waals surface area contributed by atoms with E-state index in [1.54, 1.807) is 37.3 Å². The third kappa shape index (κ3) is 2.82. The lowest BCUT2D eigenvalue weighted by Gasteiger charge is -2.30. The number of ketones is 1. The Morgan fingerprint density at radius 2 is 2.11 bits per heavy atom. The molecule has 0 bridgehead atoms. The SMILES string of the molecule is CCC(=O)Oc1cccc(N2CC[C@@]3(O)C(=O)c4cc(C)ccc4N=C23)c1. The van der Waals surface area contributed by atoms with Gasteiger partial charge in [0.15, 0.2) is 5.60 Å². The van der Waals surface area contributed by atoms with Crippen LogP contribution in [0.3, 0.4) is 0 Å². The topological polar surface area (TPSA) is 79.2 Å². The van der Waals surface area contributed by atoms with Crippen LogP contribution in [0, 0.1) is 6.92 Å². The zero-order chi connectivity index (χ0) is 19.2. The molecule has 0 amide bonds. The lowest BCUT2D eigenvalue weighted by atomic mass is 9.87. The molecule has 2 heterocycles. The Hall–Kier alpha value is -2.99. The number of anilines is 1. The molecule has 6 nitrogen and oxygen atoms in total. The van der Waals surface area contributed by atoms with Crippen molar-refractivity contribution in [1.29, 1.82) is 0 Å². The molecule has 138 valence electrons. The van der Waals surface area contributed by atoms with Gasteiger partial charge in [-0.25, -0.2) is 4.99 Å². The molecule has 0 aromatic heterocycles. The van der Waals surface area contributed by atoms with Crippen LogP contribution in [0.5, 0.6) is 5.75 Å². The Morgan fingerprint density at radius 1 is 1.30 bits per heavy atom. The van der Waals surface area contributed by atoms with Gasteiger partial charge in [-0.1, -0.05) is 24.6 Å². The van der Waals surface area contributed by atoms with E-state index in [9.17, 15) is 14.7 Å². The molecule has 2 aromatic carbocycles. The van der Waals surface area contributed by atoms with Crippen LogP contribution in [0.25, 0.3) is 0 Å². The van der Waals surface area contributed by atoms with Crippen LogP contribution in [-0.4, -0.2) is 34.8 Å². The molecule has 2 aliphatic rings. The number of ether oxygens (including phenoxy) is 1. The summed E-state index contributed by atoms with van der Waals surface area (Å²) in [6.45, 7) is 4.08. The summed E-state index contributed by atoms with van der Waals surface area (Å²) in [4.78, 5) is 30.9. The highest BCUT2D eigenvalue weighted by Gasteiger charge is 2.52. The monoisotopic (exact) mass is 364 g/mol. The second kappa shape index (κ2) is 6.32. The number of carbonyl (C=O) groups excluding carboxylic acids is 2. The lowest BCUT2D eigenvalue weighted by Crippen LogP contribution is -2.48. The number of hydrogen-bond acceptors (Lipinski definition) is 6. The first kappa shape index (κ1) is 17.4. The average Bonchev–Trinajstić information content (AvgIpc) is 3.01. The third-order valence-corrected chi connectivity index (χ3v) is 4.97. The Morgan fingerprint density at radius 3 is 2.89 bits per heavy atom. The molecular formula is C21H20N2O4. The molecule has 1 atom stereocenters. The summed E-state index contributed by atoms with van der Waals surface area (Å²) in [6.07, 6.45) is 0.544. The van der Waals surface area contributed by atoms with Gasteiger partial charge in [0.05, 0.1) is 5.69 Å². The van der Waals surface area contributed by atoms with Gasteiger partial charge >= 0.3 is 5.97 Å². The third-order valence-electron chi connectivity index (χ3n) is 4.97. The van der Waals surface area contributed by atoms with Crippen molar-refractivity contribution in [3.8, 4) is 5.75 Å². The van der Waals surface area contributed by atoms with Gasteiger partial charge in [0.1, 0.15) is 11.6 Å². The maximum absolute atomic E-state index is 13.0. The number of benzene rings is 2. The minimum atomic E-state index is -1.63. The van der Waals surface area contributed by atoms with Crippen molar-refractivity contribution >= 4 is 29.0 Å². The number of carbonyl (C=O) groups is 2. The van der Waals surface area contributed by atoms with Crippen LogP contribution in [0.15, 0.2) is 47.5 Å². The van der Waals surface area contributed by atoms with Gasteiger partial charge in [-0.05, 0) is 31.2 Å². The highest BCUT2D eigenvalue weighted by molar-refractivity contribution is 6.28. The molecule has 0 spiro atoms. The van der Waals surface area contributed by atoms with E-state index >= 15 is 0 Å². The molecule has 0 radical (unpaired) electrons. The van der Waals surface area contributed by atoms with Crippen LogP contribution in [0.1, 0.15) is 35.7 Å². The fourth-order valence-corrected chi connectivity index (χ4v) is 3.52. The highest BCUT2D eigenvalue weighted by atomic mass is 16.5. The zero-order valence-corrected chi connectivity index (χ0v) is 15.2. The molecule has 1 saturated heterocycles. The molecule has 2 aromatic rings. The van der Waals surface area contributed by atoms with Crippen molar-refractivity contribution in [3.63, 3.8) is 0 Å². The van der Waals surface area contributed by atoms with Crippen molar-refractivity contribution in [2.45, 2.75) is 32.3 Å². The van der Waals surface area contributed by atoms with Crippen molar-refractivity contribution in [1.82, 2.24) is 0 Å². The first-order chi connectivity index (χ1) is 12.9. The number of rotatable bonds is 3. The molecule has 0 saturated carbocycles. The van der Waals surface area contributed by atoms with Crippen molar-refractivity contribution in [3.05, 3.63) is 53.6 Å². The number of fused-ring (bicyclic) bond motifs is 2. The first-order valence-electron chi connectivity index (χ1n) is 8.97. The molecule has 0 aliphatic carbocycles. The van der Waals surface area contributed by atoms with Gasteiger partial charge in [-0.2, -0.15) is 0 Å². The highest BCUT2D eigenvalue weighted by Crippen LogP contribution is 2.40. The molecule has 1 fully saturated rings. The molecule has 6 heteroatoms. The van der Waals surface area contributed by atoms with Crippen molar-refractivity contribution in [2.24, 2.45) is 4.99 Å². The fraction of sp³-hybridized carbons (Fsp3) is 0.286. The summed E-state index contributed by atoms with van der Waals surface area (Å²) < 4.78 is 5.28. The summed E-state index contributed by atoms with van der Waals surface area (Å²) in [5, 5.41) is 11.1. The van der Waals surface area contributed by atoms with E-state index < -0.39 is 5.60 Å². The van der Waals surface area contributed by atoms with Crippen LogP contribution in [0.4, 0.5) is 11.4 Å². The second-order valence-corrected chi connectivity index (χ2v) is 6.87. The van der Waals surface area contributed by atoms with Gasteiger partial charge in [-0.15, -0.1) is 0 Å². The number of aryl methyl sites for hydroxylation is 1. The van der Waals surface area contributed by atoms with E-state index in [1.165, 1.54) is 0 Å². The summed E-state index contributed by atoms with van der Waals surface area (Å²) >= 11 is 0. The molecular weight excluding hydrogens is 344 g/mol. The number of nitrogens with zero attached hydrogens (tertiary/aromatic N) is 2. The van der Waals surface area contributed by atoms with Gasteiger partial charge in [-0.3, -0.25) is 9.59 Å². The number of aliphatic hydroxyl groups is 1. The Balaban J connectivity index is 1.75. The Labute approximate surface area is 157 Å². The van der Waals surface area contributed by atoms with Gasteiger partial charge in [0.2, 0.25) is 5.78 Å². The largest absolute Gasteiger partial charge is 0.426 e. The maximum atomic E-state index is 13.0. The fourth-order valence-electron chi connectivity index (χ4n) is 3.52. The van der Waals surface area contributed by atoms with Gasteiger partial charge < -0.3 is 14.7 Å². The Kier molecular flexibility index (Phi) is 4.08. The van der Waals surface area contributed by atoms with E-state index in [0.29, 0.717) is 29.4 Å². The maximum Gasteiger partial charge on any atom is 0.310 e. The average molecular weight is 364 g/mol. The first-order valence-corrected chi connectivity index (χ1v) is 8.97. The zero-order valence-electron chi connectivity index (χ0n) is 15.2. The minimum absolute atomic E-state index is 0.261. The molecule has 2 aliphatic heterocycles. The van der Waals surface area contributed by atoms with E-state index in [4.69, 9.17) is 4.74 Å². The predicted molar refractivity (Wildman–Crippen MR) is 102 cm³/mol. The van der Waals surface area contributed by atoms with Gasteiger partial charge in [0, 0.05) is 36.7 Å². The number of amidine groups is 1. The van der Waals surface area contributed by atoms with Crippen molar-refractivity contribution < 1.29 is 19.4 Å². The van der Waals surface area contributed by atoms with E-state index in [0.717, 1.165) is 11.3 Å². The summed E-state index contributed by atoms with van der Waals surface area (Å²) in [5.41, 5.74) is 1.05. The number of hydrogen-bond donors (Lipinski definition) is 1. The summed E-state index contributed by atoms with van der Waals surface area (Å²) in [6, 6.07) is 12.5. The number of esters is 1. The van der Waals surface area contributed by atoms with Crippen LogP contribution >= 0.6 is 0 Å². The van der Waals surface area contributed by atoms with Gasteiger partial charge in [0.25, 0.3) is 0 Å². The lowest BCUT2D eigenvalue weighted by molar-refractivity contribution is -0.134. The molecule has 0 unspecified atom stereocenters. The minimum Gasteiger partial charge on any atom is -0.426 e.